The average Bonchev–Trinajstić information content (AvgIpc) is 2.20. The number of halogens is 4. The Hall–Kier alpha value is -1.14. The summed E-state index contributed by atoms with van der Waals surface area (Å²) in [6, 6.07) is 4.96. The summed E-state index contributed by atoms with van der Waals surface area (Å²) in [5.74, 6) is -2.29. The summed E-state index contributed by atoms with van der Waals surface area (Å²) < 4.78 is 50.1. The van der Waals surface area contributed by atoms with Crippen LogP contribution in [0.4, 0.5) is 17.6 Å². The van der Waals surface area contributed by atoms with E-state index in [1.54, 1.807) is 0 Å². The molecule has 1 aromatic rings. The molecule has 1 aromatic carbocycles. The van der Waals surface area contributed by atoms with Crippen LogP contribution in [0.2, 0.25) is 0 Å². The van der Waals surface area contributed by atoms with E-state index in [1.807, 2.05) is 0 Å². The lowest BCUT2D eigenvalue weighted by molar-refractivity contribution is -0.210. The number of aliphatic hydroxyl groups excluding tert-OH is 1. The second kappa shape index (κ2) is 4.80. The van der Waals surface area contributed by atoms with E-state index in [-0.39, 0.29) is 5.56 Å². The van der Waals surface area contributed by atoms with Crippen LogP contribution in [-0.4, -0.2) is 23.9 Å². The third kappa shape index (κ3) is 2.70. The number of rotatable bonds is 3. The Kier molecular flexibility index (Phi) is 3.88. The van der Waals surface area contributed by atoms with Gasteiger partial charge in [-0.2, -0.15) is 13.2 Å². The fourth-order valence-electron chi connectivity index (χ4n) is 1.43. The monoisotopic (exact) mass is 237 g/mol. The van der Waals surface area contributed by atoms with Crippen LogP contribution in [0.3, 0.4) is 0 Å². The van der Waals surface area contributed by atoms with Crippen molar-refractivity contribution in [2.45, 2.75) is 18.2 Å². The Morgan fingerprint density at radius 2 is 1.81 bits per heavy atom. The summed E-state index contributed by atoms with van der Waals surface area (Å²) >= 11 is 0. The molecule has 6 heteroatoms. The molecule has 0 radical (unpaired) electrons. The topological polar surface area (TPSA) is 46.2 Å². The van der Waals surface area contributed by atoms with E-state index in [0.717, 1.165) is 6.07 Å². The van der Waals surface area contributed by atoms with Crippen molar-refractivity contribution in [3.05, 3.63) is 35.6 Å². The van der Waals surface area contributed by atoms with E-state index in [1.165, 1.54) is 18.2 Å². The maximum Gasteiger partial charge on any atom is 0.414 e. The van der Waals surface area contributed by atoms with E-state index >= 15 is 0 Å². The smallest absolute Gasteiger partial charge is 0.383 e. The molecule has 2 nitrogen and oxygen atoms in total. The molecule has 0 heterocycles. The molecule has 0 fully saturated rings. The quantitative estimate of drug-likeness (QED) is 0.787. The van der Waals surface area contributed by atoms with Crippen molar-refractivity contribution in [2.24, 2.45) is 5.73 Å². The molecule has 0 aliphatic carbocycles. The van der Waals surface area contributed by atoms with Gasteiger partial charge in [0.05, 0.1) is 0 Å². The molecule has 2 unspecified atom stereocenters. The van der Waals surface area contributed by atoms with Gasteiger partial charge in [0.25, 0.3) is 0 Å². The number of hydrogen-bond donors (Lipinski definition) is 2. The number of benzene rings is 1. The van der Waals surface area contributed by atoms with Crippen molar-refractivity contribution in [3.8, 4) is 0 Å². The van der Waals surface area contributed by atoms with E-state index in [4.69, 9.17) is 10.8 Å². The third-order valence-electron chi connectivity index (χ3n) is 2.28. The minimum Gasteiger partial charge on any atom is -0.383 e. The van der Waals surface area contributed by atoms with Gasteiger partial charge in [-0.15, -0.1) is 0 Å². The van der Waals surface area contributed by atoms with Crippen LogP contribution in [0.1, 0.15) is 11.5 Å². The van der Waals surface area contributed by atoms with Gasteiger partial charge in [0, 0.05) is 12.5 Å². The lowest BCUT2D eigenvalue weighted by Gasteiger charge is -2.24. The van der Waals surface area contributed by atoms with Crippen LogP contribution in [0.5, 0.6) is 0 Å². The van der Waals surface area contributed by atoms with Crippen molar-refractivity contribution in [1.82, 2.24) is 0 Å². The Balaban J connectivity index is 3.04. The van der Waals surface area contributed by atoms with Crippen LogP contribution in [0.15, 0.2) is 24.3 Å². The summed E-state index contributed by atoms with van der Waals surface area (Å²) in [6.45, 7) is -0.485. The minimum absolute atomic E-state index is 0.227. The highest BCUT2D eigenvalue weighted by Gasteiger charge is 2.44. The summed E-state index contributed by atoms with van der Waals surface area (Å²) in [6.07, 6.45) is -7.47. The predicted octanol–water partition coefficient (Wildman–Crippen LogP) is 1.79. The maximum absolute atomic E-state index is 13.2. The first-order valence-electron chi connectivity index (χ1n) is 4.57. The SMILES string of the molecule is NCC(c1ccccc1F)C(O)C(F)(F)F. The Labute approximate surface area is 89.7 Å². The molecule has 0 spiro atoms. The van der Waals surface area contributed by atoms with E-state index < -0.39 is 30.6 Å². The number of aliphatic hydroxyl groups is 1. The normalized spacial score (nSPS) is 15.9. The molecule has 0 aliphatic rings. The van der Waals surface area contributed by atoms with Gasteiger partial charge in [0.2, 0.25) is 0 Å². The van der Waals surface area contributed by atoms with Gasteiger partial charge in [-0.1, -0.05) is 18.2 Å². The zero-order valence-electron chi connectivity index (χ0n) is 8.21. The first-order chi connectivity index (χ1) is 7.38. The maximum atomic E-state index is 13.2. The van der Waals surface area contributed by atoms with Crippen molar-refractivity contribution >= 4 is 0 Å². The van der Waals surface area contributed by atoms with Gasteiger partial charge < -0.3 is 10.8 Å². The number of hydrogen-bond acceptors (Lipinski definition) is 2. The standard InChI is InChI=1S/C10H11F4NO/c11-8-4-2-1-3-6(8)7(5-15)9(16)10(12,13)14/h1-4,7,9,16H,5,15H2. The molecule has 90 valence electrons. The van der Waals surface area contributed by atoms with E-state index in [0.29, 0.717) is 0 Å². The van der Waals surface area contributed by atoms with Gasteiger partial charge >= 0.3 is 6.18 Å². The summed E-state index contributed by atoms with van der Waals surface area (Å²) in [5.41, 5.74) is 4.92. The number of nitrogens with two attached hydrogens (primary N) is 1. The molecule has 3 N–H and O–H groups in total. The Bertz CT molecular complexity index is 353. The fraction of sp³-hybridized carbons (Fsp3) is 0.400. The predicted molar refractivity (Wildman–Crippen MR) is 50.3 cm³/mol. The summed E-state index contributed by atoms with van der Waals surface area (Å²) in [5, 5.41) is 9.05. The van der Waals surface area contributed by atoms with Crippen LogP contribution in [0.25, 0.3) is 0 Å². The molecule has 0 aliphatic heterocycles. The second-order valence-electron chi connectivity index (χ2n) is 3.35. The van der Waals surface area contributed by atoms with Gasteiger partial charge in [-0.05, 0) is 11.6 Å². The third-order valence-corrected chi connectivity index (χ3v) is 2.28. The van der Waals surface area contributed by atoms with Gasteiger partial charge in [-0.25, -0.2) is 4.39 Å². The van der Waals surface area contributed by atoms with E-state index in [2.05, 4.69) is 0 Å². The first-order valence-corrected chi connectivity index (χ1v) is 4.57. The second-order valence-corrected chi connectivity index (χ2v) is 3.35. The highest BCUT2D eigenvalue weighted by atomic mass is 19.4. The van der Waals surface area contributed by atoms with Crippen LogP contribution in [-0.2, 0) is 0 Å². The zero-order chi connectivity index (χ0) is 12.3. The van der Waals surface area contributed by atoms with Crippen LogP contribution >= 0.6 is 0 Å². The molecule has 1 rings (SSSR count). The zero-order valence-corrected chi connectivity index (χ0v) is 8.21. The van der Waals surface area contributed by atoms with Crippen molar-refractivity contribution in [2.75, 3.05) is 6.54 Å². The molecule has 0 aromatic heterocycles. The number of alkyl halides is 3. The van der Waals surface area contributed by atoms with Crippen molar-refractivity contribution < 1.29 is 22.7 Å². The molecule has 16 heavy (non-hydrogen) atoms. The molecule has 0 saturated carbocycles. The fourth-order valence-corrected chi connectivity index (χ4v) is 1.43. The van der Waals surface area contributed by atoms with Crippen molar-refractivity contribution in [1.29, 1.82) is 0 Å². The Morgan fingerprint density at radius 1 is 1.25 bits per heavy atom. The summed E-state index contributed by atoms with van der Waals surface area (Å²) in [4.78, 5) is 0. The molecule has 0 saturated heterocycles. The van der Waals surface area contributed by atoms with Gasteiger partial charge in [0.1, 0.15) is 5.82 Å². The molecule has 2 atom stereocenters. The van der Waals surface area contributed by atoms with E-state index in [9.17, 15) is 17.6 Å². The highest BCUT2D eigenvalue weighted by molar-refractivity contribution is 5.23. The summed E-state index contributed by atoms with van der Waals surface area (Å²) in [7, 11) is 0. The minimum atomic E-state index is -4.81. The highest BCUT2D eigenvalue weighted by Crippen LogP contribution is 2.32. The van der Waals surface area contributed by atoms with Gasteiger partial charge in [0.15, 0.2) is 6.10 Å². The van der Waals surface area contributed by atoms with Crippen molar-refractivity contribution in [3.63, 3.8) is 0 Å². The lowest BCUT2D eigenvalue weighted by atomic mass is 9.92. The average molecular weight is 237 g/mol. The molecule has 0 amide bonds. The van der Waals surface area contributed by atoms with Gasteiger partial charge in [-0.3, -0.25) is 0 Å². The lowest BCUT2D eigenvalue weighted by Crippen LogP contribution is -2.38. The Morgan fingerprint density at radius 3 is 2.25 bits per heavy atom. The molecule has 0 bridgehead atoms. The largest absolute Gasteiger partial charge is 0.414 e. The van der Waals surface area contributed by atoms with Crippen LogP contribution in [0, 0.1) is 5.82 Å². The molecular formula is C10H11F4NO. The molecular weight excluding hydrogens is 226 g/mol. The first kappa shape index (κ1) is 12.9. The van der Waals surface area contributed by atoms with Crippen LogP contribution < -0.4 is 5.73 Å².